The van der Waals surface area contributed by atoms with E-state index in [0.717, 1.165) is 30.7 Å². The summed E-state index contributed by atoms with van der Waals surface area (Å²) in [5.41, 5.74) is 1.19. The fourth-order valence-corrected chi connectivity index (χ4v) is 2.30. The van der Waals surface area contributed by atoms with E-state index in [1.54, 1.807) is 0 Å². The largest absolute Gasteiger partial charge is 0.465 e. The molecule has 0 saturated heterocycles. The summed E-state index contributed by atoms with van der Waals surface area (Å²) in [7, 11) is 0. The molecule has 2 rings (SSSR count). The van der Waals surface area contributed by atoms with Crippen molar-refractivity contribution in [2.45, 2.75) is 65.6 Å². The van der Waals surface area contributed by atoms with E-state index >= 15 is 0 Å². The molecular formula is C16H27NO2. The Labute approximate surface area is 116 Å². The monoisotopic (exact) mass is 265 g/mol. The second-order valence-corrected chi connectivity index (χ2v) is 5.86. The van der Waals surface area contributed by atoms with E-state index in [0.29, 0.717) is 12.5 Å². The summed E-state index contributed by atoms with van der Waals surface area (Å²) in [5, 5.41) is 3.47. The van der Waals surface area contributed by atoms with Gasteiger partial charge in [0.05, 0.1) is 13.2 Å². The summed E-state index contributed by atoms with van der Waals surface area (Å²) < 4.78 is 11.5. The van der Waals surface area contributed by atoms with Gasteiger partial charge in [-0.15, -0.1) is 0 Å². The van der Waals surface area contributed by atoms with Gasteiger partial charge in [-0.05, 0) is 38.2 Å². The molecule has 3 heteroatoms. The Morgan fingerprint density at radius 1 is 1.47 bits per heavy atom. The van der Waals surface area contributed by atoms with Gasteiger partial charge in [-0.3, -0.25) is 0 Å². The van der Waals surface area contributed by atoms with Crippen LogP contribution in [-0.4, -0.2) is 12.6 Å². The van der Waals surface area contributed by atoms with E-state index in [-0.39, 0.29) is 0 Å². The Bertz CT molecular complexity index is 382. The zero-order valence-electron chi connectivity index (χ0n) is 12.5. The van der Waals surface area contributed by atoms with Crippen molar-refractivity contribution < 1.29 is 9.15 Å². The molecule has 1 unspecified atom stereocenters. The average molecular weight is 265 g/mol. The summed E-state index contributed by atoms with van der Waals surface area (Å²) in [6, 6.07) is 2.86. The van der Waals surface area contributed by atoms with Crippen LogP contribution in [0.2, 0.25) is 0 Å². The molecule has 108 valence electrons. The maximum Gasteiger partial charge on any atom is 0.118 e. The molecule has 0 spiro atoms. The van der Waals surface area contributed by atoms with E-state index < -0.39 is 0 Å². The summed E-state index contributed by atoms with van der Waals surface area (Å²) >= 11 is 0. The summed E-state index contributed by atoms with van der Waals surface area (Å²) in [4.78, 5) is 0. The first-order valence-electron chi connectivity index (χ1n) is 7.58. The molecule has 1 N–H and O–H groups in total. The van der Waals surface area contributed by atoms with Gasteiger partial charge < -0.3 is 14.5 Å². The zero-order valence-corrected chi connectivity index (χ0v) is 12.5. The van der Waals surface area contributed by atoms with Crippen LogP contribution in [0, 0.1) is 12.8 Å². The summed E-state index contributed by atoms with van der Waals surface area (Å²) in [6.45, 7) is 8.85. The van der Waals surface area contributed by atoms with Crippen molar-refractivity contribution in [1.29, 1.82) is 0 Å². The van der Waals surface area contributed by atoms with Gasteiger partial charge in [0.25, 0.3) is 0 Å². The summed E-state index contributed by atoms with van der Waals surface area (Å²) in [6.07, 6.45) is 5.09. The van der Waals surface area contributed by atoms with Gasteiger partial charge in [0.1, 0.15) is 11.5 Å². The van der Waals surface area contributed by atoms with E-state index in [4.69, 9.17) is 9.15 Å². The highest BCUT2D eigenvalue weighted by Crippen LogP contribution is 2.21. The van der Waals surface area contributed by atoms with E-state index in [1.165, 1.54) is 31.2 Å². The van der Waals surface area contributed by atoms with Crippen molar-refractivity contribution in [1.82, 2.24) is 5.32 Å². The highest BCUT2D eigenvalue weighted by molar-refractivity contribution is 5.20. The number of hydrogen-bond acceptors (Lipinski definition) is 3. The maximum absolute atomic E-state index is 5.79. The lowest BCUT2D eigenvalue weighted by molar-refractivity contribution is 0.0886. The van der Waals surface area contributed by atoms with E-state index in [9.17, 15) is 0 Å². The van der Waals surface area contributed by atoms with Gasteiger partial charge >= 0.3 is 0 Å². The number of ether oxygens (including phenoxy) is 1. The molecule has 1 atom stereocenters. The number of hydrogen-bond donors (Lipinski definition) is 1. The van der Waals surface area contributed by atoms with Gasteiger partial charge in [0.15, 0.2) is 0 Å². The number of furan rings is 1. The third kappa shape index (κ3) is 5.00. The van der Waals surface area contributed by atoms with Crippen LogP contribution in [0.5, 0.6) is 0 Å². The lowest BCUT2D eigenvalue weighted by Crippen LogP contribution is -2.14. The van der Waals surface area contributed by atoms with Gasteiger partial charge in [0.2, 0.25) is 0 Å². The molecule has 0 aliphatic heterocycles. The molecule has 1 saturated carbocycles. The lowest BCUT2D eigenvalue weighted by Gasteiger charge is -2.10. The van der Waals surface area contributed by atoms with Crippen molar-refractivity contribution in [2.24, 2.45) is 5.92 Å². The predicted molar refractivity (Wildman–Crippen MR) is 77.0 cm³/mol. The van der Waals surface area contributed by atoms with Crippen molar-refractivity contribution in [3.8, 4) is 0 Å². The van der Waals surface area contributed by atoms with E-state index in [2.05, 4.69) is 25.2 Å². The van der Waals surface area contributed by atoms with Crippen LogP contribution in [0.15, 0.2) is 10.5 Å². The first kappa shape index (κ1) is 14.6. The standard InChI is InChI=1S/C16H27NO2/c1-4-5-12(2)10-18-11-14-8-16(19-13(14)3)9-17-15-6-7-15/h8,12,15,17H,4-7,9-11H2,1-3H3. The minimum Gasteiger partial charge on any atom is -0.465 e. The molecule has 1 aliphatic rings. The summed E-state index contributed by atoms with van der Waals surface area (Å²) in [5.74, 6) is 2.67. The van der Waals surface area contributed by atoms with Crippen molar-refractivity contribution in [2.75, 3.05) is 6.61 Å². The van der Waals surface area contributed by atoms with Gasteiger partial charge in [0, 0.05) is 18.2 Å². The molecule has 19 heavy (non-hydrogen) atoms. The Kier molecular flexibility index (Phi) is 5.46. The SMILES string of the molecule is CCCC(C)COCc1cc(CNC2CC2)oc1C. The molecule has 1 fully saturated rings. The second-order valence-electron chi connectivity index (χ2n) is 5.86. The lowest BCUT2D eigenvalue weighted by atomic mass is 10.1. The van der Waals surface area contributed by atoms with Crippen LogP contribution in [0.4, 0.5) is 0 Å². The van der Waals surface area contributed by atoms with Crippen LogP contribution < -0.4 is 5.32 Å². The maximum atomic E-state index is 5.79. The normalized spacial score (nSPS) is 16.8. The molecule has 0 radical (unpaired) electrons. The fraction of sp³-hybridized carbons (Fsp3) is 0.750. The Balaban J connectivity index is 1.72. The molecule has 0 amide bonds. The molecule has 1 aliphatic carbocycles. The van der Waals surface area contributed by atoms with Crippen LogP contribution >= 0.6 is 0 Å². The minimum absolute atomic E-state index is 0.646. The first-order chi connectivity index (χ1) is 9.19. The molecule has 1 heterocycles. The van der Waals surface area contributed by atoms with E-state index in [1.807, 2.05) is 6.92 Å². The van der Waals surface area contributed by atoms with Crippen molar-refractivity contribution in [3.05, 3.63) is 23.2 Å². The van der Waals surface area contributed by atoms with Gasteiger partial charge in [-0.1, -0.05) is 20.3 Å². The predicted octanol–water partition coefficient (Wildman–Crippen LogP) is 3.79. The number of aryl methyl sites for hydroxylation is 1. The molecule has 0 aromatic carbocycles. The zero-order chi connectivity index (χ0) is 13.7. The Morgan fingerprint density at radius 2 is 2.26 bits per heavy atom. The van der Waals surface area contributed by atoms with Crippen LogP contribution in [0.25, 0.3) is 0 Å². The second kappa shape index (κ2) is 7.11. The van der Waals surface area contributed by atoms with Crippen molar-refractivity contribution >= 4 is 0 Å². The molecular weight excluding hydrogens is 238 g/mol. The molecule has 1 aromatic rings. The molecule has 1 aromatic heterocycles. The number of nitrogens with one attached hydrogen (secondary N) is 1. The third-order valence-corrected chi connectivity index (χ3v) is 3.66. The number of rotatable bonds is 9. The quantitative estimate of drug-likeness (QED) is 0.737. The van der Waals surface area contributed by atoms with Gasteiger partial charge in [-0.25, -0.2) is 0 Å². The van der Waals surface area contributed by atoms with Gasteiger partial charge in [-0.2, -0.15) is 0 Å². The average Bonchev–Trinajstić information content (AvgIpc) is 3.13. The Morgan fingerprint density at radius 3 is 2.95 bits per heavy atom. The fourth-order valence-electron chi connectivity index (χ4n) is 2.30. The highest BCUT2D eigenvalue weighted by Gasteiger charge is 2.20. The Hall–Kier alpha value is -0.800. The van der Waals surface area contributed by atoms with Crippen LogP contribution in [0.3, 0.4) is 0 Å². The topological polar surface area (TPSA) is 34.4 Å². The van der Waals surface area contributed by atoms with Crippen molar-refractivity contribution in [3.63, 3.8) is 0 Å². The first-order valence-corrected chi connectivity index (χ1v) is 7.58. The van der Waals surface area contributed by atoms with Crippen LogP contribution in [-0.2, 0) is 17.9 Å². The highest BCUT2D eigenvalue weighted by atomic mass is 16.5. The third-order valence-electron chi connectivity index (χ3n) is 3.66. The smallest absolute Gasteiger partial charge is 0.118 e. The minimum atomic E-state index is 0.646. The molecule has 0 bridgehead atoms. The molecule has 3 nitrogen and oxygen atoms in total. The van der Waals surface area contributed by atoms with Crippen LogP contribution in [0.1, 0.15) is 56.6 Å².